The molecule has 6 nitrogen and oxygen atoms in total. The summed E-state index contributed by atoms with van der Waals surface area (Å²) >= 11 is 0. The van der Waals surface area contributed by atoms with E-state index >= 15 is 0 Å². The van der Waals surface area contributed by atoms with Crippen LogP contribution in [0.1, 0.15) is 5.56 Å². The second-order valence-corrected chi connectivity index (χ2v) is 5.42. The number of hydrogen-bond donors (Lipinski definition) is 1. The van der Waals surface area contributed by atoms with Gasteiger partial charge in [-0.25, -0.2) is 4.98 Å². The Morgan fingerprint density at radius 1 is 1.17 bits per heavy atom. The van der Waals surface area contributed by atoms with E-state index in [9.17, 15) is 0 Å². The van der Waals surface area contributed by atoms with Crippen molar-refractivity contribution in [3.8, 4) is 28.4 Å². The van der Waals surface area contributed by atoms with Crippen molar-refractivity contribution in [3.05, 3.63) is 30.0 Å². The van der Waals surface area contributed by atoms with E-state index < -0.39 is 0 Å². The molecule has 0 atom stereocenters. The molecule has 1 aromatic heterocycles. The van der Waals surface area contributed by atoms with E-state index in [0.29, 0.717) is 31.3 Å². The van der Waals surface area contributed by atoms with E-state index in [0.717, 1.165) is 34.7 Å². The van der Waals surface area contributed by atoms with Gasteiger partial charge in [-0.3, -0.25) is 0 Å². The molecule has 0 unspecified atom stereocenters. The number of pyridine rings is 1. The number of benzene rings is 1. The largest absolute Gasteiger partial charge is 0.493 e. The fourth-order valence-electron chi connectivity index (χ4n) is 2.84. The molecule has 0 amide bonds. The van der Waals surface area contributed by atoms with E-state index in [1.165, 1.54) is 0 Å². The Balaban J connectivity index is 1.96. The third-order valence-electron chi connectivity index (χ3n) is 4.03. The molecule has 1 aromatic carbocycles. The first-order valence-corrected chi connectivity index (χ1v) is 7.88. The normalized spacial score (nSPS) is 12.5. The zero-order valence-electron chi connectivity index (χ0n) is 14.2. The Kier molecular flexibility index (Phi) is 5.05. The number of methoxy groups -OCH3 is 3. The van der Waals surface area contributed by atoms with Crippen LogP contribution >= 0.6 is 0 Å². The first kappa shape index (κ1) is 16.4. The summed E-state index contributed by atoms with van der Waals surface area (Å²) in [4.78, 5) is 4.53. The Bertz CT molecular complexity index is 718. The van der Waals surface area contributed by atoms with Crippen molar-refractivity contribution in [3.63, 3.8) is 0 Å². The topological polar surface area (TPSA) is 61.8 Å². The highest BCUT2D eigenvalue weighted by Gasteiger charge is 2.22. The maximum atomic E-state index is 5.80. The Morgan fingerprint density at radius 3 is 2.75 bits per heavy atom. The molecule has 0 saturated carbocycles. The highest BCUT2D eigenvalue weighted by molar-refractivity contribution is 5.75. The third kappa shape index (κ3) is 3.10. The maximum Gasteiger partial charge on any atom is 0.169 e. The Labute approximate surface area is 141 Å². The van der Waals surface area contributed by atoms with Gasteiger partial charge in [0.15, 0.2) is 23.1 Å². The van der Waals surface area contributed by atoms with Crippen molar-refractivity contribution in [1.82, 2.24) is 4.98 Å². The van der Waals surface area contributed by atoms with E-state index in [2.05, 4.69) is 10.3 Å². The van der Waals surface area contributed by atoms with Gasteiger partial charge >= 0.3 is 0 Å². The smallest absolute Gasteiger partial charge is 0.169 e. The molecule has 2 heterocycles. The van der Waals surface area contributed by atoms with Crippen molar-refractivity contribution in [1.29, 1.82) is 0 Å². The van der Waals surface area contributed by atoms with Gasteiger partial charge < -0.3 is 24.3 Å². The molecule has 0 radical (unpaired) electrons. The number of rotatable bonds is 7. The lowest BCUT2D eigenvalue weighted by atomic mass is 9.99. The summed E-state index contributed by atoms with van der Waals surface area (Å²) in [6.07, 6.45) is 2.74. The van der Waals surface area contributed by atoms with Crippen LogP contribution in [0, 0.1) is 0 Å². The lowest BCUT2D eigenvalue weighted by Gasteiger charge is -2.14. The molecule has 1 aliphatic heterocycles. The number of ether oxygens (including phenoxy) is 4. The van der Waals surface area contributed by atoms with Crippen LogP contribution in [-0.2, 0) is 11.2 Å². The fourth-order valence-corrected chi connectivity index (χ4v) is 2.84. The van der Waals surface area contributed by atoms with E-state index in [-0.39, 0.29) is 0 Å². The van der Waals surface area contributed by atoms with Crippen LogP contribution in [0.15, 0.2) is 24.4 Å². The van der Waals surface area contributed by atoms with E-state index in [1.54, 1.807) is 21.3 Å². The number of fused-ring (bicyclic) bond motifs is 1. The lowest BCUT2D eigenvalue weighted by Crippen LogP contribution is -2.10. The number of aromatic nitrogens is 1. The third-order valence-corrected chi connectivity index (χ3v) is 4.03. The highest BCUT2D eigenvalue weighted by atomic mass is 16.5. The molecule has 128 valence electrons. The predicted molar refractivity (Wildman–Crippen MR) is 92.3 cm³/mol. The molecule has 6 heteroatoms. The molecule has 0 aliphatic carbocycles. The summed E-state index contributed by atoms with van der Waals surface area (Å²) in [7, 11) is 4.94. The van der Waals surface area contributed by atoms with Gasteiger partial charge in [-0.05, 0) is 17.7 Å². The summed E-state index contributed by atoms with van der Waals surface area (Å²) in [6, 6.07) is 5.88. The molecule has 0 bridgehead atoms. The minimum absolute atomic E-state index is 0.619. The summed E-state index contributed by atoms with van der Waals surface area (Å²) in [6.45, 7) is 1.98. The van der Waals surface area contributed by atoms with Crippen LogP contribution in [0.25, 0.3) is 11.1 Å². The van der Waals surface area contributed by atoms with Gasteiger partial charge in [0, 0.05) is 37.4 Å². The quantitative estimate of drug-likeness (QED) is 0.788. The summed E-state index contributed by atoms with van der Waals surface area (Å²) in [5, 5.41) is 3.26. The van der Waals surface area contributed by atoms with Crippen LogP contribution in [0.4, 0.5) is 5.82 Å². The maximum absolute atomic E-state index is 5.80. The van der Waals surface area contributed by atoms with Crippen molar-refractivity contribution in [2.24, 2.45) is 0 Å². The number of anilines is 1. The molecule has 24 heavy (non-hydrogen) atoms. The van der Waals surface area contributed by atoms with Crippen LogP contribution in [0.2, 0.25) is 0 Å². The van der Waals surface area contributed by atoms with Gasteiger partial charge in [-0.15, -0.1) is 0 Å². The van der Waals surface area contributed by atoms with Gasteiger partial charge in [0.1, 0.15) is 0 Å². The van der Waals surface area contributed by atoms with Crippen LogP contribution in [-0.4, -0.2) is 46.1 Å². The number of nitrogens with zero attached hydrogens (tertiary/aromatic N) is 1. The number of nitrogens with one attached hydrogen (secondary N) is 1. The van der Waals surface area contributed by atoms with Gasteiger partial charge in [-0.2, -0.15) is 0 Å². The minimum atomic E-state index is 0.619. The number of hydrogen-bond acceptors (Lipinski definition) is 6. The summed E-state index contributed by atoms with van der Waals surface area (Å²) in [5.74, 6) is 3.01. The summed E-state index contributed by atoms with van der Waals surface area (Å²) < 4.78 is 21.6. The Morgan fingerprint density at radius 2 is 2.00 bits per heavy atom. The lowest BCUT2D eigenvalue weighted by molar-refractivity contribution is 0.210. The van der Waals surface area contributed by atoms with Crippen molar-refractivity contribution < 1.29 is 18.9 Å². The first-order chi connectivity index (χ1) is 11.8. The predicted octanol–water partition coefficient (Wildman–Crippen LogP) is 2.76. The Hall–Kier alpha value is -2.47. The highest BCUT2D eigenvalue weighted by Crippen LogP contribution is 2.40. The van der Waals surface area contributed by atoms with E-state index in [1.807, 2.05) is 24.4 Å². The molecular formula is C18H22N2O4. The zero-order chi connectivity index (χ0) is 16.9. The second kappa shape index (κ2) is 7.40. The van der Waals surface area contributed by atoms with Gasteiger partial charge in [-0.1, -0.05) is 6.07 Å². The minimum Gasteiger partial charge on any atom is -0.493 e. The summed E-state index contributed by atoms with van der Waals surface area (Å²) in [5.41, 5.74) is 3.25. The van der Waals surface area contributed by atoms with Crippen molar-refractivity contribution in [2.45, 2.75) is 6.42 Å². The zero-order valence-corrected chi connectivity index (χ0v) is 14.2. The van der Waals surface area contributed by atoms with Crippen molar-refractivity contribution in [2.75, 3.05) is 46.4 Å². The van der Waals surface area contributed by atoms with Gasteiger partial charge in [0.25, 0.3) is 0 Å². The molecule has 1 aliphatic rings. The molecule has 0 fully saturated rings. The molecule has 2 aromatic rings. The molecule has 0 saturated heterocycles. The van der Waals surface area contributed by atoms with Crippen LogP contribution < -0.4 is 19.5 Å². The van der Waals surface area contributed by atoms with Crippen molar-refractivity contribution >= 4 is 5.82 Å². The van der Waals surface area contributed by atoms with Crippen LogP contribution in [0.5, 0.6) is 17.2 Å². The monoisotopic (exact) mass is 330 g/mol. The average Bonchev–Trinajstić information content (AvgIpc) is 3.11. The fraction of sp³-hybridized carbons (Fsp3) is 0.389. The molecular weight excluding hydrogens is 308 g/mol. The second-order valence-electron chi connectivity index (χ2n) is 5.42. The van der Waals surface area contributed by atoms with E-state index in [4.69, 9.17) is 18.9 Å². The van der Waals surface area contributed by atoms with Gasteiger partial charge in [0.2, 0.25) is 0 Å². The standard InChI is InChI=1S/C18H22N2O4/c1-21-9-7-19-18-17-13(6-8-24-17)14(11-20-18)12-4-5-15(22-2)16(10-12)23-3/h4-5,10-11H,6-9H2,1-3H3,(H,19,20). The molecule has 0 spiro atoms. The molecule has 1 N–H and O–H groups in total. The average molecular weight is 330 g/mol. The van der Waals surface area contributed by atoms with Gasteiger partial charge in [0.05, 0.1) is 27.4 Å². The van der Waals surface area contributed by atoms with Crippen LogP contribution in [0.3, 0.4) is 0 Å². The molecule has 3 rings (SSSR count). The SMILES string of the molecule is COCCNc1ncc(-c2ccc(OC)c(OC)c2)c2c1OCC2. The first-order valence-electron chi connectivity index (χ1n) is 7.88.